The first-order valence-electron chi connectivity index (χ1n) is 8.13. The second kappa shape index (κ2) is 6.63. The van der Waals surface area contributed by atoms with Crippen molar-refractivity contribution in [2.45, 2.75) is 51.0 Å². The van der Waals surface area contributed by atoms with Crippen LogP contribution in [0, 0.1) is 0 Å². The Balaban J connectivity index is 1.73. The van der Waals surface area contributed by atoms with E-state index in [0.717, 1.165) is 5.56 Å². The molecule has 1 fully saturated rings. The van der Waals surface area contributed by atoms with Crippen LogP contribution in [0.4, 0.5) is 4.79 Å². The summed E-state index contributed by atoms with van der Waals surface area (Å²) in [7, 11) is -1.36. The Labute approximate surface area is 149 Å². The van der Waals surface area contributed by atoms with Crippen molar-refractivity contribution in [3.8, 4) is 0 Å². The lowest BCUT2D eigenvalue weighted by molar-refractivity contribution is -0.144. The van der Waals surface area contributed by atoms with Crippen molar-refractivity contribution in [3.63, 3.8) is 0 Å². The summed E-state index contributed by atoms with van der Waals surface area (Å²) in [5.74, 6) is -0.0376. The van der Waals surface area contributed by atoms with E-state index in [2.05, 4.69) is 0 Å². The van der Waals surface area contributed by atoms with Crippen LogP contribution >= 0.6 is 0 Å². The fraction of sp³-hybridized carbons (Fsp3) is 0.444. The maximum Gasteiger partial charge on any atom is 0.515 e. The van der Waals surface area contributed by atoms with Gasteiger partial charge in [-0.05, 0) is 26.3 Å². The summed E-state index contributed by atoms with van der Waals surface area (Å²) in [6, 6.07) is 9.16. The molecule has 134 valence electrons. The summed E-state index contributed by atoms with van der Waals surface area (Å²) in [6.45, 7) is 5.61. The van der Waals surface area contributed by atoms with Gasteiger partial charge in [-0.15, -0.1) is 0 Å². The van der Waals surface area contributed by atoms with Crippen LogP contribution in [0.3, 0.4) is 0 Å². The minimum atomic E-state index is -1.36. The van der Waals surface area contributed by atoms with Gasteiger partial charge in [0.1, 0.15) is 6.61 Å². The predicted octanol–water partition coefficient (Wildman–Crippen LogP) is 3.06. The molecule has 3 rings (SSSR count). The molecule has 2 unspecified atom stereocenters. The Bertz CT molecular complexity index is 750. The molecule has 0 aliphatic carbocycles. The van der Waals surface area contributed by atoms with Crippen molar-refractivity contribution in [3.05, 3.63) is 46.7 Å². The molecule has 1 saturated heterocycles. The van der Waals surface area contributed by atoms with E-state index < -0.39 is 21.7 Å². The number of ether oxygens (including phenoxy) is 2. The highest BCUT2D eigenvalue weighted by Crippen LogP contribution is 2.42. The highest BCUT2D eigenvalue weighted by atomic mass is 32.2. The van der Waals surface area contributed by atoms with Crippen LogP contribution in [0.1, 0.15) is 39.2 Å². The third-order valence-corrected chi connectivity index (χ3v) is 5.98. The number of benzene rings is 1. The van der Waals surface area contributed by atoms with Crippen LogP contribution in [-0.4, -0.2) is 32.0 Å². The summed E-state index contributed by atoms with van der Waals surface area (Å²) in [4.78, 5) is 25.8. The van der Waals surface area contributed by atoms with Gasteiger partial charge in [0.05, 0.1) is 21.7 Å². The number of hydrogen-bond donors (Lipinski definition) is 0. The Morgan fingerprint density at radius 2 is 1.92 bits per heavy atom. The number of β-lactam (4-membered cyclic amide) rings is 1. The molecular weight excluding hydrogens is 342 g/mol. The normalized spacial score (nSPS) is 20.8. The molecule has 0 spiro atoms. The van der Waals surface area contributed by atoms with Crippen LogP contribution in [0.2, 0.25) is 0 Å². The second-order valence-electron chi connectivity index (χ2n) is 7.06. The quantitative estimate of drug-likeness (QED) is 0.607. The van der Waals surface area contributed by atoms with Crippen LogP contribution in [0.15, 0.2) is 41.1 Å². The standard InChI is InChI=1S/C18H21NO5S/c1-18(2,3)25(22)14-9-13-10-15(20)19(13)16(14)24-17(21)23-11-12-7-5-4-6-8-12/h4-8,13H,9-11H2,1-3H3. The van der Waals surface area contributed by atoms with Gasteiger partial charge in [-0.25, -0.2) is 4.79 Å². The zero-order valence-corrected chi connectivity index (χ0v) is 15.3. The average molecular weight is 363 g/mol. The lowest BCUT2D eigenvalue weighted by atomic mass is 10.0. The Hall–Kier alpha value is -2.15. The SMILES string of the molecule is CC(C)(C)S(=O)C1=C(OC(=O)OCc2ccccc2)N2C(=O)CC2C1. The molecular formula is C18H21NO5S. The first-order valence-corrected chi connectivity index (χ1v) is 9.28. The molecule has 0 bridgehead atoms. The Morgan fingerprint density at radius 3 is 2.52 bits per heavy atom. The molecule has 2 heterocycles. The van der Waals surface area contributed by atoms with Gasteiger partial charge < -0.3 is 9.47 Å². The molecule has 1 amide bonds. The lowest BCUT2D eigenvalue weighted by Gasteiger charge is -2.34. The molecule has 1 aromatic carbocycles. The van der Waals surface area contributed by atoms with Gasteiger partial charge in [0.2, 0.25) is 11.8 Å². The maximum absolute atomic E-state index is 12.7. The first-order chi connectivity index (χ1) is 11.8. The predicted molar refractivity (Wildman–Crippen MR) is 92.5 cm³/mol. The summed E-state index contributed by atoms with van der Waals surface area (Å²) in [5.41, 5.74) is 0.830. The molecule has 2 aliphatic rings. The number of hydrogen-bond acceptors (Lipinski definition) is 5. The van der Waals surface area contributed by atoms with E-state index in [9.17, 15) is 13.8 Å². The minimum Gasteiger partial charge on any atom is -0.429 e. The minimum absolute atomic E-state index is 0.0641. The molecule has 1 aromatic rings. The molecule has 2 atom stereocenters. The summed E-state index contributed by atoms with van der Waals surface area (Å²) in [6.07, 6.45) is -0.0455. The topological polar surface area (TPSA) is 72.9 Å². The number of amides is 1. The third-order valence-electron chi connectivity index (χ3n) is 4.08. The molecule has 7 heteroatoms. The molecule has 6 nitrogen and oxygen atoms in total. The van der Waals surface area contributed by atoms with E-state index in [0.29, 0.717) is 17.7 Å². The molecule has 0 aromatic heterocycles. The van der Waals surface area contributed by atoms with Crippen LogP contribution in [0.25, 0.3) is 0 Å². The summed E-state index contributed by atoms with van der Waals surface area (Å²) in [5, 5.41) is 0. The van der Waals surface area contributed by atoms with Gasteiger partial charge in [0.25, 0.3) is 0 Å². The Kier molecular flexibility index (Phi) is 4.69. The summed E-state index contributed by atoms with van der Waals surface area (Å²) >= 11 is 0. The third kappa shape index (κ3) is 3.61. The highest BCUT2D eigenvalue weighted by Gasteiger charge is 2.49. The van der Waals surface area contributed by atoms with E-state index in [1.165, 1.54) is 4.90 Å². The van der Waals surface area contributed by atoms with Crippen LogP contribution in [0.5, 0.6) is 0 Å². The summed E-state index contributed by atoms with van der Waals surface area (Å²) < 4.78 is 22.6. The lowest BCUT2D eigenvalue weighted by Crippen LogP contribution is -2.49. The molecule has 2 aliphatic heterocycles. The van der Waals surface area contributed by atoms with Crippen molar-refractivity contribution in [2.75, 3.05) is 0 Å². The van der Waals surface area contributed by atoms with Crippen molar-refractivity contribution in [1.29, 1.82) is 0 Å². The number of fused-ring (bicyclic) bond motifs is 1. The van der Waals surface area contributed by atoms with Crippen molar-refractivity contribution >= 4 is 22.9 Å². The first kappa shape index (κ1) is 17.7. The molecule has 0 saturated carbocycles. The van der Waals surface area contributed by atoms with Gasteiger partial charge in [-0.2, -0.15) is 0 Å². The van der Waals surface area contributed by atoms with E-state index in [-0.39, 0.29) is 24.4 Å². The van der Waals surface area contributed by atoms with Crippen molar-refractivity contribution < 1.29 is 23.3 Å². The second-order valence-corrected chi connectivity index (χ2v) is 9.32. The van der Waals surface area contributed by atoms with E-state index >= 15 is 0 Å². The Morgan fingerprint density at radius 1 is 1.24 bits per heavy atom. The number of carbonyl (C=O) groups is 2. The van der Waals surface area contributed by atoms with Gasteiger partial charge in [-0.3, -0.25) is 13.9 Å². The average Bonchev–Trinajstić information content (AvgIpc) is 2.83. The smallest absolute Gasteiger partial charge is 0.429 e. The fourth-order valence-electron chi connectivity index (χ4n) is 2.82. The zero-order chi connectivity index (χ0) is 18.2. The van der Waals surface area contributed by atoms with Crippen molar-refractivity contribution in [1.82, 2.24) is 4.90 Å². The van der Waals surface area contributed by atoms with E-state index in [1.54, 1.807) is 0 Å². The van der Waals surface area contributed by atoms with E-state index in [4.69, 9.17) is 9.47 Å². The van der Waals surface area contributed by atoms with Gasteiger partial charge in [0.15, 0.2) is 0 Å². The number of rotatable bonds is 4. The van der Waals surface area contributed by atoms with Gasteiger partial charge in [0, 0.05) is 17.6 Å². The molecule has 25 heavy (non-hydrogen) atoms. The van der Waals surface area contributed by atoms with Crippen molar-refractivity contribution in [2.24, 2.45) is 0 Å². The van der Waals surface area contributed by atoms with Crippen LogP contribution in [-0.2, 0) is 31.7 Å². The number of carbonyl (C=O) groups excluding carboxylic acids is 2. The molecule has 0 radical (unpaired) electrons. The zero-order valence-electron chi connectivity index (χ0n) is 14.5. The molecule has 0 N–H and O–H groups in total. The van der Waals surface area contributed by atoms with E-state index in [1.807, 2.05) is 51.1 Å². The van der Waals surface area contributed by atoms with Gasteiger partial charge >= 0.3 is 6.16 Å². The maximum atomic E-state index is 12.7. The number of nitrogens with zero attached hydrogens (tertiary/aromatic N) is 1. The fourth-order valence-corrected chi connectivity index (χ4v) is 4.20. The van der Waals surface area contributed by atoms with Crippen LogP contribution < -0.4 is 0 Å². The monoisotopic (exact) mass is 363 g/mol. The highest BCUT2D eigenvalue weighted by molar-refractivity contribution is 7.90. The van der Waals surface area contributed by atoms with Gasteiger partial charge in [-0.1, -0.05) is 30.3 Å². The largest absolute Gasteiger partial charge is 0.515 e.